The Balaban J connectivity index is 0.000000144. The molecule has 1 aromatic heterocycles. The molecule has 3 atom stereocenters. The predicted molar refractivity (Wildman–Crippen MR) is 150 cm³/mol. The van der Waals surface area contributed by atoms with E-state index >= 15 is 0 Å². The third kappa shape index (κ3) is 7.45. The molecule has 0 radical (unpaired) electrons. The van der Waals surface area contributed by atoms with Crippen LogP contribution in [0.25, 0.3) is 6.08 Å². The summed E-state index contributed by atoms with van der Waals surface area (Å²) in [6.45, 7) is 1.30. The minimum absolute atomic E-state index is 0.220. The highest BCUT2D eigenvalue weighted by molar-refractivity contribution is 5.90. The minimum Gasteiger partial charge on any atom is -0.481 e. The Kier molecular flexibility index (Phi) is 10.0. The Morgan fingerprint density at radius 3 is 2.07 bits per heavy atom. The third-order valence-electron chi connectivity index (χ3n) is 9.30. The quantitative estimate of drug-likeness (QED) is 0.305. The molecule has 4 saturated carbocycles. The number of rotatable bonds is 6. The molecular weight excluding hydrogens is 528 g/mol. The van der Waals surface area contributed by atoms with Crippen LogP contribution in [0.4, 0.5) is 0 Å². The lowest BCUT2D eigenvalue weighted by Gasteiger charge is -2.54. The van der Waals surface area contributed by atoms with E-state index in [-0.39, 0.29) is 12.2 Å². The van der Waals surface area contributed by atoms with Gasteiger partial charge in [-0.2, -0.15) is 0 Å². The molecule has 1 aromatic carbocycles. The number of furan rings is 1. The molecule has 0 aliphatic heterocycles. The summed E-state index contributed by atoms with van der Waals surface area (Å²) in [6, 6.07) is 10.6. The van der Waals surface area contributed by atoms with E-state index in [9.17, 15) is 24.6 Å². The first-order valence-corrected chi connectivity index (χ1v) is 14.3. The summed E-state index contributed by atoms with van der Waals surface area (Å²) in [4.78, 5) is 32.2. The summed E-state index contributed by atoms with van der Waals surface area (Å²) in [5.74, 6) is 0.646. The van der Waals surface area contributed by atoms with Crippen LogP contribution in [0, 0.1) is 41.4 Å². The van der Waals surface area contributed by atoms with Gasteiger partial charge in [-0.3, -0.25) is 9.59 Å². The van der Waals surface area contributed by atoms with Crippen molar-refractivity contribution in [1.82, 2.24) is 0 Å². The van der Waals surface area contributed by atoms with Gasteiger partial charge in [0.05, 0.1) is 18.3 Å². The molecule has 4 bridgehead atoms. The number of aliphatic hydroxyl groups is 2. The highest BCUT2D eigenvalue weighted by atomic mass is 16.4. The van der Waals surface area contributed by atoms with Gasteiger partial charge in [-0.05, 0) is 104 Å². The van der Waals surface area contributed by atoms with Gasteiger partial charge in [-0.1, -0.05) is 24.3 Å². The molecule has 2 aromatic rings. The van der Waals surface area contributed by atoms with Crippen LogP contribution in [0.1, 0.15) is 68.4 Å². The largest absolute Gasteiger partial charge is 0.481 e. The summed E-state index contributed by atoms with van der Waals surface area (Å²) in [7, 11) is 0. The molecule has 9 heteroatoms. The van der Waals surface area contributed by atoms with Crippen LogP contribution >= 0.6 is 0 Å². The van der Waals surface area contributed by atoms with E-state index in [4.69, 9.17) is 19.7 Å². The number of aliphatic carboxylic acids is 3. The smallest absolute Gasteiger partial charge is 0.331 e. The molecule has 3 unspecified atom stereocenters. The molecule has 0 saturated heterocycles. The SMILES string of the molecule is C/C(=C\c1ccco1)C(=O)O.O=C(O)C1C(CO)Cc2ccccc2C1O.O=C(O)CC1C2CC3CC(C2)CC1C3. The van der Waals surface area contributed by atoms with E-state index in [1.807, 2.05) is 12.1 Å². The molecule has 0 spiro atoms. The number of fused-ring (bicyclic) bond motifs is 1. The number of carbonyl (C=O) groups is 3. The fraction of sp³-hybridized carbons (Fsp3) is 0.531. The number of benzene rings is 1. The van der Waals surface area contributed by atoms with Crippen molar-refractivity contribution >= 4 is 24.0 Å². The summed E-state index contributed by atoms with van der Waals surface area (Å²) < 4.78 is 4.91. The maximum atomic E-state index is 11.1. The van der Waals surface area contributed by atoms with Crippen LogP contribution in [-0.4, -0.2) is 50.0 Å². The van der Waals surface area contributed by atoms with E-state index in [1.54, 1.807) is 24.3 Å². The van der Waals surface area contributed by atoms with Gasteiger partial charge < -0.3 is 29.9 Å². The average Bonchev–Trinajstić information content (AvgIpc) is 3.43. The average molecular weight is 569 g/mol. The summed E-state index contributed by atoms with van der Waals surface area (Å²) in [6.07, 6.45) is 9.69. The van der Waals surface area contributed by atoms with Crippen molar-refractivity contribution in [3.05, 3.63) is 65.1 Å². The number of hydrogen-bond acceptors (Lipinski definition) is 6. The molecule has 7 rings (SSSR count). The lowest BCUT2D eigenvalue weighted by molar-refractivity contribution is -0.150. The lowest BCUT2D eigenvalue weighted by Crippen LogP contribution is -2.45. The van der Waals surface area contributed by atoms with Crippen LogP contribution < -0.4 is 0 Å². The molecule has 5 aliphatic rings. The van der Waals surface area contributed by atoms with Gasteiger partial charge in [0.15, 0.2) is 0 Å². The topological polar surface area (TPSA) is 165 Å². The van der Waals surface area contributed by atoms with Gasteiger partial charge in [0.25, 0.3) is 0 Å². The van der Waals surface area contributed by atoms with E-state index < -0.39 is 35.8 Å². The van der Waals surface area contributed by atoms with Crippen LogP contribution in [0.5, 0.6) is 0 Å². The van der Waals surface area contributed by atoms with Crippen molar-refractivity contribution in [1.29, 1.82) is 0 Å². The van der Waals surface area contributed by atoms with Gasteiger partial charge in [0.1, 0.15) is 5.76 Å². The molecule has 41 heavy (non-hydrogen) atoms. The number of carboxylic acid groups (broad SMARTS) is 3. The van der Waals surface area contributed by atoms with Crippen molar-refractivity contribution in [2.24, 2.45) is 41.4 Å². The summed E-state index contributed by atoms with van der Waals surface area (Å²) >= 11 is 0. The molecule has 222 valence electrons. The molecule has 0 amide bonds. The van der Waals surface area contributed by atoms with Crippen molar-refractivity contribution < 1.29 is 44.3 Å². The van der Waals surface area contributed by atoms with Crippen molar-refractivity contribution in [2.75, 3.05) is 6.61 Å². The van der Waals surface area contributed by atoms with Crippen molar-refractivity contribution in [3.63, 3.8) is 0 Å². The Hall–Kier alpha value is -3.43. The van der Waals surface area contributed by atoms with E-state index in [2.05, 4.69) is 0 Å². The van der Waals surface area contributed by atoms with E-state index in [0.717, 1.165) is 29.2 Å². The van der Waals surface area contributed by atoms with Gasteiger partial charge in [-0.25, -0.2) is 4.79 Å². The monoisotopic (exact) mass is 568 g/mol. The standard InChI is InChI=1S/C12H14O4.C12H18O2.C8H8O3/c13-6-8-5-7-3-1-2-4-9(7)11(14)10(8)12(15)16;13-12(14)6-11-9-2-7-1-8(4-9)5-10(11)3-7;1-6(8(9)10)5-7-3-2-4-11-7/h1-4,8,10-11,13-14H,5-6H2,(H,15,16);7-11H,1-6H2,(H,13,14);2-5H,1H3,(H,9,10)/b;;6-5+. The number of hydrogen-bond donors (Lipinski definition) is 5. The molecule has 1 heterocycles. The Morgan fingerprint density at radius 1 is 0.927 bits per heavy atom. The highest BCUT2D eigenvalue weighted by Crippen LogP contribution is 2.57. The lowest BCUT2D eigenvalue weighted by atomic mass is 9.51. The summed E-state index contributed by atoms with van der Waals surface area (Å²) in [5, 5.41) is 45.6. The van der Waals surface area contributed by atoms with Crippen LogP contribution in [0.15, 0.2) is 52.7 Å². The van der Waals surface area contributed by atoms with Gasteiger partial charge >= 0.3 is 17.9 Å². The maximum absolute atomic E-state index is 11.1. The fourth-order valence-electron chi connectivity index (χ4n) is 7.61. The van der Waals surface area contributed by atoms with Crippen LogP contribution in [0.3, 0.4) is 0 Å². The Bertz CT molecular complexity index is 1200. The number of aliphatic hydroxyl groups excluding tert-OH is 2. The normalized spacial score (nSPS) is 31.1. The molecular formula is C32H40O9. The van der Waals surface area contributed by atoms with Crippen LogP contribution in [0.2, 0.25) is 0 Å². The fourth-order valence-corrected chi connectivity index (χ4v) is 7.61. The van der Waals surface area contributed by atoms with Crippen LogP contribution in [-0.2, 0) is 20.8 Å². The summed E-state index contributed by atoms with van der Waals surface area (Å²) in [5.41, 5.74) is 1.85. The zero-order valence-electron chi connectivity index (χ0n) is 23.3. The van der Waals surface area contributed by atoms with Gasteiger partial charge in [-0.15, -0.1) is 0 Å². The second-order valence-electron chi connectivity index (χ2n) is 12.0. The predicted octanol–water partition coefficient (Wildman–Crippen LogP) is 4.89. The maximum Gasteiger partial charge on any atom is 0.331 e. The van der Waals surface area contributed by atoms with E-state index in [0.29, 0.717) is 30.1 Å². The molecule has 5 aliphatic carbocycles. The Labute approximate surface area is 239 Å². The first kappa shape index (κ1) is 30.5. The zero-order chi connectivity index (χ0) is 29.7. The number of carboxylic acids is 3. The first-order valence-electron chi connectivity index (χ1n) is 14.3. The van der Waals surface area contributed by atoms with Gasteiger partial charge in [0.2, 0.25) is 0 Å². The third-order valence-corrected chi connectivity index (χ3v) is 9.30. The second-order valence-corrected chi connectivity index (χ2v) is 12.0. The second kappa shape index (κ2) is 13.5. The zero-order valence-corrected chi connectivity index (χ0v) is 23.3. The molecule has 5 N–H and O–H groups in total. The molecule has 4 fully saturated rings. The van der Waals surface area contributed by atoms with E-state index in [1.165, 1.54) is 51.4 Å². The highest BCUT2D eigenvalue weighted by Gasteiger charge is 2.48. The first-order chi connectivity index (χ1) is 19.6. The van der Waals surface area contributed by atoms with Crippen molar-refractivity contribution in [2.45, 2.75) is 58.0 Å². The van der Waals surface area contributed by atoms with Crippen molar-refractivity contribution in [3.8, 4) is 0 Å². The van der Waals surface area contributed by atoms with Gasteiger partial charge in [0, 0.05) is 24.5 Å². The Morgan fingerprint density at radius 2 is 1.56 bits per heavy atom. The minimum atomic E-state index is -1.05. The molecule has 9 nitrogen and oxygen atoms in total.